The zero-order valence-electron chi connectivity index (χ0n) is 14.5. The van der Waals surface area contributed by atoms with Crippen LogP contribution in [0.5, 0.6) is 0 Å². The highest BCUT2D eigenvalue weighted by atomic mass is 32.1. The molecule has 0 amide bonds. The molecule has 1 N–H and O–H groups in total. The van der Waals surface area contributed by atoms with Crippen molar-refractivity contribution in [2.45, 2.75) is 65.4 Å². The zero-order valence-corrected chi connectivity index (χ0v) is 15.3. The number of hydrogen-bond acceptors (Lipinski definition) is 5. The van der Waals surface area contributed by atoms with Crippen molar-refractivity contribution in [3.05, 3.63) is 26.6 Å². The van der Waals surface area contributed by atoms with E-state index in [-0.39, 0.29) is 11.5 Å². The minimum atomic E-state index is -0.541. The van der Waals surface area contributed by atoms with Gasteiger partial charge in [0.2, 0.25) is 0 Å². The number of nitrogens with zero attached hydrogens (tertiary/aromatic N) is 1. The first kappa shape index (κ1) is 17.1. The number of H-pyrrole nitrogens is 1. The fourth-order valence-corrected chi connectivity index (χ4v) is 4.43. The fourth-order valence-electron chi connectivity index (χ4n) is 3.39. The molecule has 0 spiro atoms. The van der Waals surface area contributed by atoms with Gasteiger partial charge in [-0.25, -0.2) is 4.98 Å². The van der Waals surface area contributed by atoms with Crippen LogP contribution in [0.15, 0.2) is 4.79 Å². The minimum absolute atomic E-state index is 0.160. The third kappa shape index (κ3) is 3.53. The quantitative estimate of drug-likeness (QED) is 0.842. The normalized spacial score (nSPS) is 17.1. The standard InChI is InChI=1S/C18H24N2O3S/c1-10-12(3)24-18-15(10)17(22)19-16(20-18)11(2)23-14(21)9-13-7-5-4-6-8-13/h11,13H,4-9H2,1-3H3,(H,19,20,22). The molecule has 1 aliphatic rings. The van der Waals surface area contributed by atoms with Crippen LogP contribution in [0.4, 0.5) is 0 Å². The van der Waals surface area contributed by atoms with E-state index in [9.17, 15) is 9.59 Å². The van der Waals surface area contributed by atoms with E-state index in [0.29, 0.717) is 28.4 Å². The molecule has 3 rings (SSSR count). The second kappa shape index (κ2) is 7.05. The Morgan fingerprint density at radius 2 is 2.04 bits per heavy atom. The van der Waals surface area contributed by atoms with Crippen LogP contribution in [0.3, 0.4) is 0 Å². The number of aryl methyl sites for hydroxylation is 2. The molecular formula is C18H24N2O3S. The highest BCUT2D eigenvalue weighted by molar-refractivity contribution is 7.18. The predicted octanol–water partition coefficient (Wildman–Crippen LogP) is 4.18. The molecule has 0 aliphatic heterocycles. The van der Waals surface area contributed by atoms with Gasteiger partial charge in [-0.1, -0.05) is 19.3 Å². The summed E-state index contributed by atoms with van der Waals surface area (Å²) in [6.07, 6.45) is 5.82. The van der Waals surface area contributed by atoms with Crippen LogP contribution in [-0.2, 0) is 9.53 Å². The average Bonchev–Trinajstić information content (AvgIpc) is 2.83. The lowest BCUT2D eigenvalue weighted by Crippen LogP contribution is -2.19. The summed E-state index contributed by atoms with van der Waals surface area (Å²) in [5.74, 6) is 0.664. The van der Waals surface area contributed by atoms with Crippen molar-refractivity contribution >= 4 is 27.5 Å². The Morgan fingerprint density at radius 1 is 1.33 bits per heavy atom. The summed E-state index contributed by atoms with van der Waals surface area (Å²) in [5.41, 5.74) is 0.810. The molecule has 6 heteroatoms. The molecule has 24 heavy (non-hydrogen) atoms. The Morgan fingerprint density at radius 3 is 2.75 bits per heavy atom. The maximum Gasteiger partial charge on any atom is 0.306 e. The van der Waals surface area contributed by atoms with Crippen molar-refractivity contribution in [1.29, 1.82) is 0 Å². The van der Waals surface area contributed by atoms with E-state index < -0.39 is 6.10 Å². The molecular weight excluding hydrogens is 324 g/mol. The van der Waals surface area contributed by atoms with Crippen molar-refractivity contribution in [3.63, 3.8) is 0 Å². The van der Waals surface area contributed by atoms with Crippen molar-refractivity contribution < 1.29 is 9.53 Å². The number of nitrogens with one attached hydrogen (secondary N) is 1. The second-order valence-electron chi connectivity index (χ2n) is 6.75. The minimum Gasteiger partial charge on any atom is -0.454 e. The summed E-state index contributed by atoms with van der Waals surface area (Å²) < 4.78 is 5.51. The van der Waals surface area contributed by atoms with Crippen molar-refractivity contribution in [2.75, 3.05) is 0 Å². The maximum absolute atomic E-state index is 12.3. The van der Waals surface area contributed by atoms with Crippen LogP contribution >= 0.6 is 11.3 Å². The summed E-state index contributed by atoms with van der Waals surface area (Å²) in [5, 5.41) is 0.641. The number of carbonyl (C=O) groups excluding carboxylic acids is 1. The average molecular weight is 348 g/mol. The van der Waals surface area contributed by atoms with Crippen molar-refractivity contribution in [3.8, 4) is 0 Å². The smallest absolute Gasteiger partial charge is 0.306 e. The Labute approximate surface area is 145 Å². The van der Waals surface area contributed by atoms with Crippen LogP contribution in [0.25, 0.3) is 10.2 Å². The molecule has 2 heterocycles. The number of aromatic nitrogens is 2. The Bertz CT molecular complexity index is 802. The molecule has 1 saturated carbocycles. The third-order valence-electron chi connectivity index (χ3n) is 4.93. The number of carbonyl (C=O) groups is 1. The van der Waals surface area contributed by atoms with Crippen LogP contribution in [0.2, 0.25) is 0 Å². The van der Waals surface area contributed by atoms with Gasteiger partial charge in [0, 0.05) is 11.3 Å². The number of esters is 1. The van der Waals surface area contributed by atoms with E-state index in [1.165, 1.54) is 30.6 Å². The van der Waals surface area contributed by atoms with E-state index in [1.807, 2.05) is 13.8 Å². The molecule has 5 nitrogen and oxygen atoms in total. The highest BCUT2D eigenvalue weighted by Crippen LogP contribution is 2.29. The molecule has 1 unspecified atom stereocenters. The van der Waals surface area contributed by atoms with Crippen molar-refractivity contribution in [1.82, 2.24) is 9.97 Å². The first-order valence-corrected chi connectivity index (χ1v) is 9.46. The molecule has 2 aromatic rings. The van der Waals surface area contributed by atoms with Crippen LogP contribution in [0.1, 0.15) is 67.8 Å². The van der Waals surface area contributed by atoms with Gasteiger partial charge >= 0.3 is 5.97 Å². The lowest BCUT2D eigenvalue weighted by molar-refractivity contribution is -0.150. The van der Waals surface area contributed by atoms with Gasteiger partial charge in [-0.2, -0.15) is 0 Å². The Kier molecular flexibility index (Phi) is 5.04. The molecule has 0 aromatic carbocycles. The fraction of sp³-hybridized carbons (Fsp3) is 0.611. The van der Waals surface area contributed by atoms with Gasteiger partial charge in [-0.05, 0) is 45.1 Å². The lowest BCUT2D eigenvalue weighted by atomic mass is 9.87. The number of rotatable bonds is 4. The lowest BCUT2D eigenvalue weighted by Gasteiger charge is -2.21. The Balaban J connectivity index is 1.72. The summed E-state index contributed by atoms with van der Waals surface area (Å²) in [6.45, 7) is 5.67. The molecule has 130 valence electrons. The van der Waals surface area contributed by atoms with Crippen LogP contribution in [0, 0.1) is 19.8 Å². The molecule has 0 bridgehead atoms. The molecule has 0 radical (unpaired) electrons. The molecule has 0 saturated heterocycles. The van der Waals surface area contributed by atoms with Gasteiger partial charge in [-0.3, -0.25) is 9.59 Å². The van der Waals surface area contributed by atoms with Crippen molar-refractivity contribution in [2.24, 2.45) is 5.92 Å². The largest absolute Gasteiger partial charge is 0.454 e. The van der Waals surface area contributed by atoms with E-state index in [1.54, 1.807) is 6.92 Å². The third-order valence-corrected chi connectivity index (χ3v) is 6.03. The van der Waals surface area contributed by atoms with Gasteiger partial charge in [0.1, 0.15) is 4.83 Å². The SMILES string of the molecule is Cc1sc2nc(C(C)OC(=O)CC3CCCCC3)[nH]c(=O)c2c1C. The maximum atomic E-state index is 12.3. The first-order valence-electron chi connectivity index (χ1n) is 8.65. The molecule has 1 atom stereocenters. The van der Waals surface area contributed by atoms with Gasteiger partial charge in [0.15, 0.2) is 11.9 Å². The van der Waals surface area contributed by atoms with Crippen LogP contribution < -0.4 is 5.56 Å². The topological polar surface area (TPSA) is 72.0 Å². The van der Waals surface area contributed by atoms with E-state index in [2.05, 4.69) is 9.97 Å². The molecule has 2 aromatic heterocycles. The summed E-state index contributed by atoms with van der Waals surface area (Å²) in [6, 6.07) is 0. The monoisotopic (exact) mass is 348 g/mol. The second-order valence-corrected chi connectivity index (χ2v) is 7.96. The molecule has 1 fully saturated rings. The van der Waals surface area contributed by atoms with Gasteiger partial charge in [0.05, 0.1) is 5.39 Å². The number of fused-ring (bicyclic) bond motifs is 1. The van der Waals surface area contributed by atoms with E-state index >= 15 is 0 Å². The van der Waals surface area contributed by atoms with Gasteiger partial charge < -0.3 is 9.72 Å². The van der Waals surface area contributed by atoms with Gasteiger partial charge in [-0.15, -0.1) is 11.3 Å². The van der Waals surface area contributed by atoms with Gasteiger partial charge in [0.25, 0.3) is 5.56 Å². The number of thiophene rings is 1. The first-order chi connectivity index (χ1) is 11.5. The number of aromatic amines is 1. The summed E-state index contributed by atoms with van der Waals surface area (Å²) >= 11 is 1.50. The Hall–Kier alpha value is -1.69. The molecule has 1 aliphatic carbocycles. The number of hydrogen-bond donors (Lipinski definition) is 1. The summed E-state index contributed by atoms with van der Waals surface area (Å²) in [7, 11) is 0. The summed E-state index contributed by atoms with van der Waals surface area (Å²) in [4.78, 5) is 33.5. The zero-order chi connectivity index (χ0) is 17.3. The predicted molar refractivity (Wildman–Crippen MR) is 95.4 cm³/mol. The van der Waals surface area contributed by atoms with Crippen LogP contribution in [-0.4, -0.2) is 15.9 Å². The number of ether oxygens (including phenoxy) is 1. The van der Waals surface area contributed by atoms with E-state index in [4.69, 9.17) is 4.74 Å². The van der Waals surface area contributed by atoms with E-state index in [0.717, 1.165) is 23.3 Å². The highest BCUT2D eigenvalue weighted by Gasteiger charge is 2.21.